The number of benzene rings is 1. The summed E-state index contributed by atoms with van der Waals surface area (Å²) in [5.41, 5.74) is 0.909. The van der Waals surface area contributed by atoms with Crippen molar-refractivity contribution >= 4 is 0 Å². The van der Waals surface area contributed by atoms with Gasteiger partial charge in [0, 0.05) is 18.6 Å². The third-order valence-corrected chi connectivity index (χ3v) is 3.28. The molecule has 3 heteroatoms. The van der Waals surface area contributed by atoms with Crippen molar-refractivity contribution in [3.8, 4) is 0 Å². The van der Waals surface area contributed by atoms with Crippen LogP contribution in [0.15, 0.2) is 30.3 Å². The van der Waals surface area contributed by atoms with Gasteiger partial charge in [-0.2, -0.15) is 0 Å². The molecule has 19 heavy (non-hydrogen) atoms. The number of ether oxygens (including phenoxy) is 1. The van der Waals surface area contributed by atoms with Gasteiger partial charge in [-0.1, -0.05) is 30.3 Å². The zero-order valence-electron chi connectivity index (χ0n) is 12.5. The molecule has 1 unspecified atom stereocenters. The third-order valence-electron chi connectivity index (χ3n) is 3.28. The molecule has 0 aliphatic rings. The SMILES string of the molecule is CC(C)N(CCOCC(O)c1ccccc1)C(C)C. The Morgan fingerprint density at radius 3 is 2.16 bits per heavy atom. The summed E-state index contributed by atoms with van der Waals surface area (Å²) >= 11 is 0. The topological polar surface area (TPSA) is 32.7 Å². The zero-order chi connectivity index (χ0) is 14.3. The maximum Gasteiger partial charge on any atom is 0.102 e. The first-order valence-electron chi connectivity index (χ1n) is 7.09. The molecule has 0 saturated heterocycles. The molecule has 0 radical (unpaired) electrons. The average Bonchev–Trinajstić information content (AvgIpc) is 2.38. The molecule has 0 aromatic heterocycles. The van der Waals surface area contributed by atoms with Gasteiger partial charge in [0.25, 0.3) is 0 Å². The summed E-state index contributed by atoms with van der Waals surface area (Å²) in [5.74, 6) is 0. The summed E-state index contributed by atoms with van der Waals surface area (Å²) in [5, 5.41) is 9.97. The van der Waals surface area contributed by atoms with Crippen LogP contribution in [0.25, 0.3) is 0 Å². The summed E-state index contributed by atoms with van der Waals surface area (Å²) in [4.78, 5) is 2.38. The van der Waals surface area contributed by atoms with Crippen LogP contribution in [0.5, 0.6) is 0 Å². The summed E-state index contributed by atoms with van der Waals surface area (Å²) in [6, 6.07) is 10.7. The number of aliphatic hydroxyl groups is 1. The van der Waals surface area contributed by atoms with Gasteiger partial charge in [0.15, 0.2) is 0 Å². The second-order valence-electron chi connectivity index (χ2n) is 5.43. The van der Waals surface area contributed by atoms with E-state index in [-0.39, 0.29) is 0 Å². The van der Waals surface area contributed by atoms with E-state index in [2.05, 4.69) is 32.6 Å². The van der Waals surface area contributed by atoms with E-state index in [0.717, 1.165) is 12.1 Å². The highest BCUT2D eigenvalue weighted by molar-refractivity contribution is 5.17. The molecule has 0 spiro atoms. The van der Waals surface area contributed by atoms with Gasteiger partial charge in [0.1, 0.15) is 6.10 Å². The van der Waals surface area contributed by atoms with Crippen LogP contribution in [-0.4, -0.2) is 41.8 Å². The van der Waals surface area contributed by atoms with Crippen molar-refractivity contribution < 1.29 is 9.84 Å². The number of aliphatic hydroxyl groups excluding tert-OH is 1. The molecule has 1 atom stereocenters. The van der Waals surface area contributed by atoms with Crippen LogP contribution in [0.4, 0.5) is 0 Å². The summed E-state index contributed by atoms with van der Waals surface area (Å²) < 4.78 is 5.59. The van der Waals surface area contributed by atoms with Crippen molar-refractivity contribution in [2.45, 2.75) is 45.9 Å². The predicted molar refractivity (Wildman–Crippen MR) is 79.2 cm³/mol. The minimum Gasteiger partial charge on any atom is -0.386 e. The molecule has 1 N–H and O–H groups in total. The van der Waals surface area contributed by atoms with E-state index in [9.17, 15) is 5.11 Å². The quantitative estimate of drug-likeness (QED) is 0.734. The molecule has 0 bridgehead atoms. The standard InChI is InChI=1S/C16H27NO2/c1-13(2)17(14(3)4)10-11-19-12-16(18)15-8-6-5-7-9-15/h5-9,13-14,16,18H,10-12H2,1-4H3. The zero-order valence-corrected chi connectivity index (χ0v) is 12.5. The first-order chi connectivity index (χ1) is 9.02. The molecule has 3 nitrogen and oxygen atoms in total. The van der Waals surface area contributed by atoms with E-state index in [0.29, 0.717) is 25.3 Å². The summed E-state index contributed by atoms with van der Waals surface area (Å²) in [6.45, 7) is 10.7. The van der Waals surface area contributed by atoms with E-state index < -0.39 is 6.10 Å². The van der Waals surface area contributed by atoms with E-state index in [4.69, 9.17) is 4.74 Å². The summed E-state index contributed by atoms with van der Waals surface area (Å²) in [7, 11) is 0. The lowest BCUT2D eigenvalue weighted by Gasteiger charge is -2.30. The largest absolute Gasteiger partial charge is 0.386 e. The smallest absolute Gasteiger partial charge is 0.102 e. The monoisotopic (exact) mass is 265 g/mol. The Balaban J connectivity index is 2.27. The van der Waals surface area contributed by atoms with Crippen molar-refractivity contribution in [2.75, 3.05) is 19.8 Å². The fourth-order valence-corrected chi connectivity index (χ4v) is 2.25. The highest BCUT2D eigenvalue weighted by atomic mass is 16.5. The van der Waals surface area contributed by atoms with Crippen LogP contribution in [0.1, 0.15) is 39.4 Å². The first-order valence-corrected chi connectivity index (χ1v) is 7.09. The van der Waals surface area contributed by atoms with Gasteiger partial charge in [-0.3, -0.25) is 4.90 Å². The second-order valence-corrected chi connectivity index (χ2v) is 5.43. The van der Waals surface area contributed by atoms with Gasteiger partial charge in [-0.25, -0.2) is 0 Å². The maximum atomic E-state index is 9.97. The molecule has 1 aromatic rings. The number of rotatable bonds is 8. The lowest BCUT2D eigenvalue weighted by Crippen LogP contribution is -2.39. The van der Waals surface area contributed by atoms with Crippen LogP contribution >= 0.6 is 0 Å². The molecule has 1 rings (SSSR count). The normalized spacial score (nSPS) is 13.5. The van der Waals surface area contributed by atoms with Crippen LogP contribution in [0.2, 0.25) is 0 Å². The van der Waals surface area contributed by atoms with Gasteiger partial charge in [0.05, 0.1) is 13.2 Å². The van der Waals surface area contributed by atoms with Crippen LogP contribution < -0.4 is 0 Å². The molecule has 108 valence electrons. The van der Waals surface area contributed by atoms with Crippen LogP contribution in [-0.2, 0) is 4.74 Å². The summed E-state index contributed by atoms with van der Waals surface area (Å²) in [6.07, 6.45) is -0.534. The number of hydrogen-bond donors (Lipinski definition) is 1. The Labute approximate surface area is 117 Å². The highest BCUT2D eigenvalue weighted by Crippen LogP contribution is 2.12. The van der Waals surface area contributed by atoms with Gasteiger partial charge in [-0.15, -0.1) is 0 Å². The minimum atomic E-state index is -0.534. The molecular formula is C16H27NO2. The molecule has 0 aliphatic carbocycles. The van der Waals surface area contributed by atoms with E-state index >= 15 is 0 Å². The third kappa shape index (κ3) is 5.72. The van der Waals surface area contributed by atoms with Crippen LogP contribution in [0, 0.1) is 0 Å². The minimum absolute atomic E-state index is 0.355. The lowest BCUT2D eigenvalue weighted by molar-refractivity contribution is 0.0186. The Morgan fingerprint density at radius 2 is 1.63 bits per heavy atom. The Bertz CT molecular complexity index is 330. The number of hydrogen-bond acceptors (Lipinski definition) is 3. The van der Waals surface area contributed by atoms with Crippen LogP contribution in [0.3, 0.4) is 0 Å². The lowest BCUT2D eigenvalue weighted by atomic mass is 10.1. The second kappa shape index (κ2) is 8.31. The van der Waals surface area contributed by atoms with E-state index in [1.54, 1.807) is 0 Å². The van der Waals surface area contributed by atoms with Crippen molar-refractivity contribution in [1.29, 1.82) is 0 Å². The van der Waals surface area contributed by atoms with Gasteiger partial charge < -0.3 is 9.84 Å². The molecule has 1 aromatic carbocycles. The number of nitrogens with zero attached hydrogens (tertiary/aromatic N) is 1. The Morgan fingerprint density at radius 1 is 1.05 bits per heavy atom. The van der Waals surface area contributed by atoms with E-state index in [1.165, 1.54) is 0 Å². The van der Waals surface area contributed by atoms with Gasteiger partial charge in [0.2, 0.25) is 0 Å². The molecule has 0 aliphatic heterocycles. The first kappa shape index (κ1) is 16.2. The van der Waals surface area contributed by atoms with Gasteiger partial charge in [-0.05, 0) is 33.3 Å². The fraction of sp³-hybridized carbons (Fsp3) is 0.625. The predicted octanol–water partition coefficient (Wildman–Crippen LogP) is 2.86. The van der Waals surface area contributed by atoms with Crippen molar-refractivity contribution in [3.63, 3.8) is 0 Å². The van der Waals surface area contributed by atoms with Crippen molar-refractivity contribution in [2.24, 2.45) is 0 Å². The average molecular weight is 265 g/mol. The van der Waals surface area contributed by atoms with Crippen molar-refractivity contribution in [3.05, 3.63) is 35.9 Å². The van der Waals surface area contributed by atoms with Gasteiger partial charge >= 0.3 is 0 Å². The maximum absolute atomic E-state index is 9.97. The Hall–Kier alpha value is -0.900. The van der Waals surface area contributed by atoms with E-state index in [1.807, 2.05) is 30.3 Å². The fourth-order valence-electron chi connectivity index (χ4n) is 2.25. The molecule has 0 fully saturated rings. The molecule has 0 heterocycles. The molecule has 0 saturated carbocycles. The highest BCUT2D eigenvalue weighted by Gasteiger charge is 2.13. The molecule has 0 amide bonds. The Kier molecular flexibility index (Phi) is 7.06. The van der Waals surface area contributed by atoms with Crippen molar-refractivity contribution in [1.82, 2.24) is 4.90 Å². The molecular weight excluding hydrogens is 238 g/mol.